The molecule has 0 N–H and O–H groups in total. The van der Waals surface area contributed by atoms with Crippen molar-refractivity contribution in [2.24, 2.45) is 0 Å². The Kier molecular flexibility index (Phi) is 12.7. The van der Waals surface area contributed by atoms with Crippen molar-refractivity contribution in [1.82, 2.24) is 0 Å². The Labute approximate surface area is 95.0 Å². The van der Waals surface area contributed by atoms with Gasteiger partial charge in [0, 0.05) is 12.4 Å². The van der Waals surface area contributed by atoms with Crippen LogP contribution in [0.15, 0.2) is 36.5 Å². The van der Waals surface area contributed by atoms with Crippen LogP contribution in [0, 0.1) is 0 Å². The van der Waals surface area contributed by atoms with E-state index >= 15 is 0 Å². The van der Waals surface area contributed by atoms with Crippen LogP contribution in [0.25, 0.3) is 0 Å². The number of carbonyl (C=O) groups is 1. The zero-order valence-corrected chi connectivity index (χ0v) is 9.49. The molecule has 0 aromatic carbocycles. The molecule has 0 aliphatic carbocycles. The van der Waals surface area contributed by atoms with Gasteiger partial charge < -0.3 is 9.90 Å². The van der Waals surface area contributed by atoms with E-state index in [0.29, 0.717) is 0 Å². The van der Waals surface area contributed by atoms with Gasteiger partial charge in [-0.05, 0) is 6.92 Å². The fourth-order valence-electron chi connectivity index (χ4n) is 0.482. The molecule has 0 amide bonds. The minimum atomic E-state index is -1.05. The third-order valence-electron chi connectivity index (χ3n) is 0.946. The number of allylic oxidation sites excluding steroid dienone is 5. The van der Waals surface area contributed by atoms with E-state index in [1.807, 2.05) is 25.2 Å². The molecule has 0 saturated carbocycles. The van der Waals surface area contributed by atoms with Crippen LogP contribution >= 0.6 is 0 Å². The second kappa shape index (κ2) is 10.7. The SMILES string of the molecule is CC=CC=CC=CCC(=O)[O-].[Na+]. The summed E-state index contributed by atoms with van der Waals surface area (Å²) >= 11 is 0. The molecular formula is C9H11NaO2. The summed E-state index contributed by atoms with van der Waals surface area (Å²) in [5, 5.41) is 9.89. The van der Waals surface area contributed by atoms with Crippen LogP contribution in [0.5, 0.6) is 0 Å². The Morgan fingerprint density at radius 1 is 1.25 bits per heavy atom. The fourth-order valence-corrected chi connectivity index (χ4v) is 0.482. The van der Waals surface area contributed by atoms with E-state index in [9.17, 15) is 9.90 Å². The van der Waals surface area contributed by atoms with E-state index in [-0.39, 0.29) is 36.0 Å². The first-order chi connectivity index (χ1) is 5.27. The number of carboxylic acid groups (broad SMARTS) is 1. The minimum Gasteiger partial charge on any atom is -0.550 e. The molecule has 0 spiro atoms. The van der Waals surface area contributed by atoms with Crippen molar-refractivity contribution in [2.45, 2.75) is 13.3 Å². The number of hydrogen-bond acceptors (Lipinski definition) is 2. The quantitative estimate of drug-likeness (QED) is 0.359. The van der Waals surface area contributed by atoms with Gasteiger partial charge in [0.2, 0.25) is 0 Å². The van der Waals surface area contributed by atoms with Gasteiger partial charge in [-0.1, -0.05) is 36.5 Å². The number of rotatable bonds is 4. The molecular weight excluding hydrogens is 163 g/mol. The summed E-state index contributed by atoms with van der Waals surface area (Å²) in [6.45, 7) is 1.91. The molecule has 0 aliphatic heterocycles. The van der Waals surface area contributed by atoms with E-state index in [2.05, 4.69) is 0 Å². The molecule has 0 bridgehead atoms. The minimum absolute atomic E-state index is 0. The van der Waals surface area contributed by atoms with Crippen molar-refractivity contribution in [2.75, 3.05) is 0 Å². The normalized spacial score (nSPS) is 11.1. The summed E-state index contributed by atoms with van der Waals surface area (Å²) in [6.07, 6.45) is 10.5. The van der Waals surface area contributed by atoms with Gasteiger partial charge in [-0.2, -0.15) is 0 Å². The molecule has 0 radical (unpaired) electrons. The smallest absolute Gasteiger partial charge is 0.550 e. The van der Waals surface area contributed by atoms with E-state index in [4.69, 9.17) is 0 Å². The van der Waals surface area contributed by atoms with Crippen LogP contribution in [0.3, 0.4) is 0 Å². The topological polar surface area (TPSA) is 40.1 Å². The molecule has 0 saturated heterocycles. The van der Waals surface area contributed by atoms with Crippen LogP contribution in [0.4, 0.5) is 0 Å². The third-order valence-corrected chi connectivity index (χ3v) is 0.946. The Morgan fingerprint density at radius 3 is 2.33 bits per heavy atom. The molecule has 60 valence electrons. The van der Waals surface area contributed by atoms with Crippen molar-refractivity contribution >= 4 is 5.97 Å². The summed E-state index contributed by atoms with van der Waals surface area (Å²) in [5.74, 6) is -1.05. The van der Waals surface area contributed by atoms with Crippen molar-refractivity contribution < 1.29 is 39.5 Å². The average molecular weight is 174 g/mol. The van der Waals surface area contributed by atoms with Crippen LogP contribution in [-0.4, -0.2) is 5.97 Å². The summed E-state index contributed by atoms with van der Waals surface area (Å²) in [6, 6.07) is 0. The Bertz CT molecular complexity index is 193. The van der Waals surface area contributed by atoms with Gasteiger partial charge in [-0.15, -0.1) is 0 Å². The summed E-state index contributed by atoms with van der Waals surface area (Å²) in [7, 11) is 0. The van der Waals surface area contributed by atoms with Crippen molar-refractivity contribution in [3.05, 3.63) is 36.5 Å². The molecule has 3 heteroatoms. The van der Waals surface area contributed by atoms with E-state index in [1.165, 1.54) is 6.08 Å². The molecule has 0 fully saturated rings. The maximum atomic E-state index is 9.89. The summed E-state index contributed by atoms with van der Waals surface area (Å²) in [5.41, 5.74) is 0. The number of carbonyl (C=O) groups excluding carboxylic acids is 1. The van der Waals surface area contributed by atoms with Crippen molar-refractivity contribution in [3.8, 4) is 0 Å². The molecule has 12 heavy (non-hydrogen) atoms. The number of hydrogen-bond donors (Lipinski definition) is 0. The van der Waals surface area contributed by atoms with Crippen LogP contribution in [-0.2, 0) is 4.79 Å². The largest absolute Gasteiger partial charge is 1.00 e. The summed E-state index contributed by atoms with van der Waals surface area (Å²) in [4.78, 5) is 9.89. The van der Waals surface area contributed by atoms with Crippen molar-refractivity contribution in [1.29, 1.82) is 0 Å². The first-order valence-electron chi connectivity index (χ1n) is 3.41. The van der Waals surface area contributed by atoms with Gasteiger partial charge in [0.15, 0.2) is 0 Å². The number of carboxylic acids is 1. The molecule has 0 rings (SSSR count). The predicted octanol–water partition coefficient (Wildman–Crippen LogP) is -2.18. The van der Waals surface area contributed by atoms with Gasteiger partial charge in [0.25, 0.3) is 0 Å². The van der Waals surface area contributed by atoms with Crippen LogP contribution < -0.4 is 34.7 Å². The molecule has 0 heterocycles. The number of aliphatic carboxylic acids is 1. The second-order valence-electron chi connectivity index (χ2n) is 1.91. The zero-order chi connectivity index (χ0) is 8.53. The van der Waals surface area contributed by atoms with Crippen molar-refractivity contribution in [3.63, 3.8) is 0 Å². The molecule has 0 aromatic heterocycles. The predicted molar refractivity (Wildman–Crippen MR) is 42.7 cm³/mol. The van der Waals surface area contributed by atoms with Gasteiger partial charge in [0.05, 0.1) is 0 Å². The Balaban J connectivity index is 0. The Hall–Kier alpha value is -0.310. The third kappa shape index (κ3) is 12.4. The average Bonchev–Trinajstić information content (AvgIpc) is 1.96. The molecule has 0 aromatic rings. The van der Waals surface area contributed by atoms with Crippen LogP contribution in [0.1, 0.15) is 13.3 Å². The zero-order valence-electron chi connectivity index (χ0n) is 7.49. The van der Waals surface area contributed by atoms with E-state index in [1.54, 1.807) is 12.2 Å². The second-order valence-corrected chi connectivity index (χ2v) is 1.91. The molecule has 0 aliphatic rings. The first kappa shape index (κ1) is 14.2. The summed E-state index contributed by atoms with van der Waals surface area (Å²) < 4.78 is 0. The Morgan fingerprint density at radius 2 is 1.83 bits per heavy atom. The maximum absolute atomic E-state index is 9.89. The standard InChI is InChI=1S/C9H12O2.Na/c1-2-3-4-5-6-7-8-9(10)11;/h2-7H,8H2,1H3,(H,10,11);/q;+1/p-1. The van der Waals surface area contributed by atoms with E-state index in [0.717, 1.165) is 0 Å². The van der Waals surface area contributed by atoms with Gasteiger partial charge in [0.1, 0.15) is 0 Å². The monoisotopic (exact) mass is 174 g/mol. The van der Waals surface area contributed by atoms with E-state index < -0.39 is 5.97 Å². The molecule has 0 unspecified atom stereocenters. The van der Waals surface area contributed by atoms with Gasteiger partial charge in [-0.3, -0.25) is 0 Å². The van der Waals surface area contributed by atoms with Gasteiger partial charge in [-0.25, -0.2) is 0 Å². The molecule has 2 nitrogen and oxygen atoms in total. The maximum Gasteiger partial charge on any atom is 1.00 e. The first-order valence-corrected chi connectivity index (χ1v) is 3.41. The van der Waals surface area contributed by atoms with Crippen LogP contribution in [0.2, 0.25) is 0 Å². The molecule has 0 atom stereocenters. The van der Waals surface area contributed by atoms with Gasteiger partial charge >= 0.3 is 29.6 Å². The fraction of sp³-hybridized carbons (Fsp3) is 0.222.